The SMILES string of the molecule is CCCn1c(=O)sc2cc(S(=O)(=O)NCCCc3ccco3)ccc21. The van der Waals surface area contributed by atoms with Crippen LogP contribution in [0.4, 0.5) is 0 Å². The van der Waals surface area contributed by atoms with E-state index in [1.807, 2.05) is 19.1 Å². The number of aromatic nitrogens is 1. The van der Waals surface area contributed by atoms with Crippen molar-refractivity contribution in [1.82, 2.24) is 9.29 Å². The van der Waals surface area contributed by atoms with Crippen LogP contribution in [0.2, 0.25) is 0 Å². The predicted octanol–water partition coefficient (Wildman–Crippen LogP) is 2.98. The van der Waals surface area contributed by atoms with Crippen molar-refractivity contribution in [2.45, 2.75) is 37.6 Å². The van der Waals surface area contributed by atoms with Gasteiger partial charge < -0.3 is 4.42 Å². The molecule has 0 fully saturated rings. The number of rotatable bonds is 8. The van der Waals surface area contributed by atoms with Crippen molar-refractivity contribution < 1.29 is 12.8 Å². The third kappa shape index (κ3) is 4.02. The summed E-state index contributed by atoms with van der Waals surface area (Å²) in [5, 5.41) is 0. The van der Waals surface area contributed by atoms with Gasteiger partial charge in [0.05, 0.1) is 21.4 Å². The molecule has 25 heavy (non-hydrogen) atoms. The Morgan fingerprint density at radius 1 is 1.28 bits per heavy atom. The topological polar surface area (TPSA) is 81.3 Å². The minimum atomic E-state index is -3.59. The Morgan fingerprint density at radius 3 is 2.84 bits per heavy atom. The first-order valence-electron chi connectivity index (χ1n) is 8.16. The molecular weight excluding hydrogens is 360 g/mol. The summed E-state index contributed by atoms with van der Waals surface area (Å²) in [5.41, 5.74) is 0.786. The van der Waals surface area contributed by atoms with Crippen molar-refractivity contribution in [1.29, 1.82) is 0 Å². The third-order valence-corrected chi connectivity index (χ3v) is 6.27. The lowest BCUT2D eigenvalue weighted by molar-refractivity contribution is 0.500. The van der Waals surface area contributed by atoms with Gasteiger partial charge in [0.15, 0.2) is 0 Å². The average Bonchev–Trinajstić information content (AvgIpc) is 3.20. The second kappa shape index (κ2) is 7.55. The molecule has 0 unspecified atom stereocenters. The summed E-state index contributed by atoms with van der Waals surface area (Å²) < 4.78 is 35.1. The first-order chi connectivity index (χ1) is 12.0. The average molecular weight is 380 g/mol. The number of furan rings is 1. The summed E-state index contributed by atoms with van der Waals surface area (Å²) in [4.78, 5) is 12.1. The maximum atomic E-state index is 12.4. The molecule has 6 nitrogen and oxygen atoms in total. The molecule has 0 bridgehead atoms. The fraction of sp³-hybridized carbons (Fsp3) is 0.353. The zero-order valence-electron chi connectivity index (χ0n) is 13.9. The molecule has 0 aliphatic carbocycles. The van der Waals surface area contributed by atoms with Crippen molar-refractivity contribution in [3.8, 4) is 0 Å². The molecule has 2 aromatic heterocycles. The van der Waals surface area contributed by atoms with Gasteiger partial charge in [-0.3, -0.25) is 9.36 Å². The number of benzene rings is 1. The fourth-order valence-corrected chi connectivity index (χ4v) is 4.79. The molecule has 1 N–H and O–H groups in total. The molecule has 0 radical (unpaired) electrons. The number of nitrogens with zero attached hydrogens (tertiary/aromatic N) is 1. The Bertz CT molecular complexity index is 1000. The zero-order valence-corrected chi connectivity index (χ0v) is 15.5. The summed E-state index contributed by atoms with van der Waals surface area (Å²) in [7, 11) is -3.59. The number of nitrogens with one attached hydrogen (secondary N) is 1. The van der Waals surface area contributed by atoms with Crippen LogP contribution in [-0.2, 0) is 23.0 Å². The molecule has 134 valence electrons. The van der Waals surface area contributed by atoms with Crippen LogP contribution in [0.3, 0.4) is 0 Å². The van der Waals surface area contributed by atoms with Gasteiger partial charge >= 0.3 is 4.87 Å². The molecule has 0 atom stereocenters. The van der Waals surface area contributed by atoms with Crippen LogP contribution in [0.25, 0.3) is 10.2 Å². The fourth-order valence-electron chi connectivity index (χ4n) is 2.66. The van der Waals surface area contributed by atoms with Gasteiger partial charge in [0.1, 0.15) is 5.76 Å². The van der Waals surface area contributed by atoms with Crippen molar-refractivity contribution in [2.75, 3.05) is 6.54 Å². The highest BCUT2D eigenvalue weighted by molar-refractivity contribution is 7.89. The zero-order chi connectivity index (χ0) is 17.9. The normalized spacial score (nSPS) is 12.0. The lowest BCUT2D eigenvalue weighted by Gasteiger charge is -2.07. The van der Waals surface area contributed by atoms with E-state index in [4.69, 9.17) is 4.42 Å². The molecule has 3 aromatic rings. The van der Waals surface area contributed by atoms with Crippen LogP contribution in [-0.4, -0.2) is 19.5 Å². The van der Waals surface area contributed by atoms with E-state index in [9.17, 15) is 13.2 Å². The largest absolute Gasteiger partial charge is 0.469 e. The smallest absolute Gasteiger partial charge is 0.308 e. The first kappa shape index (κ1) is 17.9. The minimum absolute atomic E-state index is 0.0576. The highest BCUT2D eigenvalue weighted by Gasteiger charge is 2.16. The Labute approximate surface area is 150 Å². The van der Waals surface area contributed by atoms with Crippen LogP contribution in [0.5, 0.6) is 0 Å². The number of fused-ring (bicyclic) bond motifs is 1. The molecule has 0 saturated heterocycles. The maximum Gasteiger partial charge on any atom is 0.308 e. The van der Waals surface area contributed by atoms with Gasteiger partial charge in [-0.2, -0.15) is 0 Å². The Balaban J connectivity index is 1.72. The quantitative estimate of drug-likeness (QED) is 0.609. The highest BCUT2D eigenvalue weighted by atomic mass is 32.2. The van der Waals surface area contributed by atoms with Gasteiger partial charge in [-0.05, 0) is 43.2 Å². The summed E-state index contributed by atoms with van der Waals surface area (Å²) in [6.45, 7) is 2.96. The Kier molecular flexibility index (Phi) is 5.41. The van der Waals surface area contributed by atoms with Crippen LogP contribution >= 0.6 is 11.3 Å². The van der Waals surface area contributed by atoms with E-state index in [0.717, 1.165) is 29.0 Å². The van der Waals surface area contributed by atoms with Gasteiger partial charge in [-0.1, -0.05) is 18.3 Å². The van der Waals surface area contributed by atoms with Crippen LogP contribution in [0.1, 0.15) is 25.5 Å². The van der Waals surface area contributed by atoms with Crippen molar-refractivity contribution in [3.63, 3.8) is 0 Å². The van der Waals surface area contributed by atoms with E-state index in [2.05, 4.69) is 4.72 Å². The number of aryl methyl sites for hydroxylation is 2. The Morgan fingerprint density at radius 2 is 2.12 bits per heavy atom. The molecule has 0 aliphatic rings. The van der Waals surface area contributed by atoms with Crippen LogP contribution < -0.4 is 9.60 Å². The monoisotopic (exact) mass is 380 g/mol. The van der Waals surface area contributed by atoms with Crippen LogP contribution in [0.15, 0.2) is 50.7 Å². The highest BCUT2D eigenvalue weighted by Crippen LogP contribution is 2.22. The molecule has 2 heterocycles. The van der Waals surface area contributed by atoms with Gasteiger partial charge in [0.25, 0.3) is 0 Å². The summed E-state index contributed by atoms with van der Waals surface area (Å²) in [6, 6.07) is 8.51. The van der Waals surface area contributed by atoms with Crippen molar-refractivity contribution >= 4 is 31.6 Å². The summed E-state index contributed by atoms with van der Waals surface area (Å²) in [6.07, 6.45) is 3.78. The van der Waals surface area contributed by atoms with Gasteiger partial charge in [-0.15, -0.1) is 0 Å². The van der Waals surface area contributed by atoms with E-state index in [-0.39, 0.29) is 9.77 Å². The predicted molar refractivity (Wildman–Crippen MR) is 98.6 cm³/mol. The standard InChI is InChI=1S/C17H20N2O4S2/c1-2-10-19-15-8-7-14(12-16(15)24-17(19)20)25(21,22)18-9-3-5-13-6-4-11-23-13/h4,6-8,11-12,18H,2-3,5,9-10H2,1H3. The molecule has 0 saturated carbocycles. The molecule has 0 amide bonds. The minimum Gasteiger partial charge on any atom is -0.469 e. The number of hydrogen-bond acceptors (Lipinski definition) is 5. The second-order valence-electron chi connectivity index (χ2n) is 5.73. The molecule has 3 rings (SSSR count). The van der Waals surface area contributed by atoms with Gasteiger partial charge in [0, 0.05) is 19.5 Å². The Hall–Kier alpha value is -1.90. The molecule has 0 spiro atoms. The van der Waals surface area contributed by atoms with E-state index in [1.165, 1.54) is 0 Å². The maximum absolute atomic E-state index is 12.4. The molecule has 0 aliphatic heterocycles. The summed E-state index contributed by atoms with van der Waals surface area (Å²) >= 11 is 1.08. The van der Waals surface area contributed by atoms with Crippen LogP contribution in [0, 0.1) is 0 Å². The number of thiazole rings is 1. The molecule has 1 aromatic carbocycles. The lowest BCUT2D eigenvalue weighted by atomic mass is 10.2. The van der Waals surface area contributed by atoms with E-state index in [1.54, 1.807) is 29.0 Å². The van der Waals surface area contributed by atoms with Gasteiger partial charge in [-0.25, -0.2) is 13.1 Å². The first-order valence-corrected chi connectivity index (χ1v) is 10.5. The number of hydrogen-bond donors (Lipinski definition) is 1. The van der Waals surface area contributed by atoms with Crippen molar-refractivity contribution in [2.24, 2.45) is 0 Å². The third-order valence-electron chi connectivity index (χ3n) is 3.87. The van der Waals surface area contributed by atoms with E-state index >= 15 is 0 Å². The summed E-state index contributed by atoms with van der Waals surface area (Å²) in [5.74, 6) is 0.836. The lowest BCUT2D eigenvalue weighted by Crippen LogP contribution is -2.25. The van der Waals surface area contributed by atoms with E-state index < -0.39 is 10.0 Å². The van der Waals surface area contributed by atoms with Crippen molar-refractivity contribution in [3.05, 3.63) is 52.0 Å². The van der Waals surface area contributed by atoms with E-state index in [0.29, 0.717) is 30.6 Å². The molecule has 8 heteroatoms. The van der Waals surface area contributed by atoms with Gasteiger partial charge in [0.2, 0.25) is 10.0 Å². The molecular formula is C17H20N2O4S2. The second-order valence-corrected chi connectivity index (χ2v) is 8.49. The number of sulfonamides is 1.